The van der Waals surface area contributed by atoms with Crippen molar-refractivity contribution in [1.29, 1.82) is 0 Å². The van der Waals surface area contributed by atoms with Crippen LogP contribution in [0, 0.1) is 0 Å². The highest BCUT2D eigenvalue weighted by atomic mass is 31.2. The van der Waals surface area contributed by atoms with E-state index in [2.05, 4.69) is 0 Å². The molecule has 2 rings (SSSR count). The Kier molecular flexibility index (Phi) is 10.6. The third-order valence-corrected chi connectivity index (χ3v) is 6.32. The lowest BCUT2D eigenvalue weighted by atomic mass is 10.2. The second-order valence-corrected chi connectivity index (χ2v) is 8.64. The number of aliphatic hydroxyl groups is 1. The molecule has 0 saturated carbocycles. The molecule has 2 atom stereocenters. The zero-order valence-corrected chi connectivity index (χ0v) is 18.0. The second-order valence-electron chi connectivity index (χ2n) is 6.53. The van der Waals surface area contributed by atoms with Gasteiger partial charge in [0, 0.05) is 0 Å². The highest BCUT2D eigenvalue weighted by Gasteiger charge is 2.32. The number of benzene rings is 2. The summed E-state index contributed by atoms with van der Waals surface area (Å²) in [7, 11) is -3.40. The molecule has 0 amide bonds. The Morgan fingerprint density at radius 1 is 0.862 bits per heavy atom. The standard InChI is InChI=1S/C22H31O6P/c1-3-27-29(24,28-4-2)18-21(23)22(26-16-20-13-9-6-10-14-20)17-25-15-19-11-7-5-8-12-19/h5-14,21-23H,3-4,15-18H2,1-2H3/t21-,22-/m0/s1. The Bertz CT molecular complexity index is 715. The summed E-state index contributed by atoms with van der Waals surface area (Å²) in [6.45, 7) is 4.82. The Morgan fingerprint density at radius 3 is 1.90 bits per heavy atom. The van der Waals surface area contributed by atoms with Crippen molar-refractivity contribution in [3.05, 3.63) is 71.8 Å². The van der Waals surface area contributed by atoms with E-state index >= 15 is 0 Å². The van der Waals surface area contributed by atoms with Crippen molar-refractivity contribution in [2.24, 2.45) is 0 Å². The van der Waals surface area contributed by atoms with Crippen LogP contribution in [0.15, 0.2) is 60.7 Å². The summed E-state index contributed by atoms with van der Waals surface area (Å²) in [5.41, 5.74) is 2.00. The van der Waals surface area contributed by atoms with Crippen LogP contribution >= 0.6 is 7.60 Å². The summed E-state index contributed by atoms with van der Waals surface area (Å²) in [5, 5.41) is 10.7. The molecule has 0 aliphatic carbocycles. The smallest absolute Gasteiger partial charge is 0.333 e. The predicted molar refractivity (Wildman–Crippen MR) is 113 cm³/mol. The van der Waals surface area contributed by atoms with Gasteiger partial charge in [-0.15, -0.1) is 0 Å². The molecule has 0 aliphatic heterocycles. The molecule has 1 N–H and O–H groups in total. The van der Waals surface area contributed by atoms with Gasteiger partial charge in [0.05, 0.1) is 45.3 Å². The van der Waals surface area contributed by atoms with E-state index in [1.165, 1.54) is 0 Å². The Labute approximate surface area is 173 Å². The minimum absolute atomic E-state index is 0.150. The lowest BCUT2D eigenvalue weighted by Gasteiger charge is -2.26. The van der Waals surface area contributed by atoms with Crippen LogP contribution in [0.5, 0.6) is 0 Å². The summed E-state index contributed by atoms with van der Waals surface area (Å²) in [6.07, 6.45) is -1.88. The molecule has 0 radical (unpaired) electrons. The molecule has 0 heterocycles. The van der Waals surface area contributed by atoms with E-state index in [9.17, 15) is 9.67 Å². The molecule has 0 saturated heterocycles. The molecule has 160 valence electrons. The monoisotopic (exact) mass is 422 g/mol. The van der Waals surface area contributed by atoms with Crippen LogP contribution in [-0.2, 0) is 36.3 Å². The number of rotatable bonds is 14. The first-order chi connectivity index (χ1) is 14.1. The van der Waals surface area contributed by atoms with E-state index in [1.54, 1.807) is 13.8 Å². The van der Waals surface area contributed by atoms with Crippen LogP contribution in [0.4, 0.5) is 0 Å². The maximum Gasteiger partial charge on any atom is 0.333 e. The van der Waals surface area contributed by atoms with Gasteiger partial charge >= 0.3 is 7.60 Å². The summed E-state index contributed by atoms with van der Waals surface area (Å²) in [5.74, 6) is 0. The molecule has 0 aromatic heterocycles. The van der Waals surface area contributed by atoms with E-state index in [0.29, 0.717) is 13.2 Å². The summed E-state index contributed by atoms with van der Waals surface area (Å²) in [6, 6.07) is 19.4. The maximum absolute atomic E-state index is 12.8. The third-order valence-electron chi connectivity index (χ3n) is 4.19. The lowest BCUT2D eigenvalue weighted by Crippen LogP contribution is -2.36. The molecule has 2 aromatic rings. The molecule has 6 nitrogen and oxygen atoms in total. The van der Waals surface area contributed by atoms with Crippen molar-refractivity contribution in [1.82, 2.24) is 0 Å². The quantitative estimate of drug-likeness (QED) is 0.455. The van der Waals surface area contributed by atoms with E-state index < -0.39 is 19.8 Å². The zero-order valence-electron chi connectivity index (χ0n) is 17.1. The van der Waals surface area contributed by atoms with Crippen molar-refractivity contribution in [2.75, 3.05) is 26.0 Å². The minimum atomic E-state index is -3.40. The number of aliphatic hydroxyl groups excluding tert-OH is 1. The normalized spacial score (nSPS) is 13.9. The highest BCUT2D eigenvalue weighted by molar-refractivity contribution is 7.53. The maximum atomic E-state index is 12.8. The predicted octanol–water partition coefficient (Wildman–Crippen LogP) is 4.42. The Balaban J connectivity index is 2.00. The lowest BCUT2D eigenvalue weighted by molar-refractivity contribution is -0.0835. The van der Waals surface area contributed by atoms with Crippen molar-refractivity contribution in [3.8, 4) is 0 Å². The van der Waals surface area contributed by atoms with Gasteiger partial charge in [0.1, 0.15) is 6.10 Å². The largest absolute Gasteiger partial charge is 0.390 e. The molecule has 29 heavy (non-hydrogen) atoms. The number of hydrogen-bond donors (Lipinski definition) is 1. The first-order valence-corrected chi connectivity index (χ1v) is 11.6. The van der Waals surface area contributed by atoms with Crippen LogP contribution in [-0.4, -0.2) is 43.3 Å². The van der Waals surface area contributed by atoms with E-state index in [4.69, 9.17) is 18.5 Å². The van der Waals surface area contributed by atoms with Crippen molar-refractivity contribution in [3.63, 3.8) is 0 Å². The van der Waals surface area contributed by atoms with Gasteiger partial charge in [0.2, 0.25) is 0 Å². The van der Waals surface area contributed by atoms with Crippen molar-refractivity contribution >= 4 is 7.60 Å². The molecule has 2 aromatic carbocycles. The molecule has 0 fully saturated rings. The summed E-state index contributed by atoms with van der Waals surface area (Å²) in [4.78, 5) is 0. The fraction of sp³-hybridized carbons (Fsp3) is 0.455. The first-order valence-electron chi connectivity index (χ1n) is 9.89. The highest BCUT2D eigenvalue weighted by Crippen LogP contribution is 2.48. The summed E-state index contributed by atoms with van der Waals surface area (Å²) < 4.78 is 35.1. The van der Waals surface area contributed by atoms with E-state index in [-0.39, 0.29) is 26.0 Å². The Morgan fingerprint density at radius 2 is 1.38 bits per heavy atom. The number of ether oxygens (including phenoxy) is 2. The van der Waals surface area contributed by atoms with Crippen LogP contribution in [0.2, 0.25) is 0 Å². The molecule has 0 unspecified atom stereocenters. The molecular weight excluding hydrogens is 391 g/mol. The average molecular weight is 422 g/mol. The fourth-order valence-electron chi connectivity index (χ4n) is 2.80. The van der Waals surface area contributed by atoms with E-state index in [0.717, 1.165) is 11.1 Å². The van der Waals surface area contributed by atoms with Crippen LogP contribution in [0.25, 0.3) is 0 Å². The van der Waals surface area contributed by atoms with E-state index in [1.807, 2.05) is 60.7 Å². The topological polar surface area (TPSA) is 74.2 Å². The van der Waals surface area contributed by atoms with Gasteiger partial charge in [-0.05, 0) is 25.0 Å². The van der Waals surface area contributed by atoms with Gasteiger partial charge < -0.3 is 23.6 Å². The molecule has 7 heteroatoms. The summed E-state index contributed by atoms with van der Waals surface area (Å²) >= 11 is 0. The molecule has 0 spiro atoms. The van der Waals surface area contributed by atoms with Crippen LogP contribution in [0.1, 0.15) is 25.0 Å². The third kappa shape index (κ3) is 8.79. The second kappa shape index (κ2) is 12.9. The van der Waals surface area contributed by atoms with Crippen LogP contribution < -0.4 is 0 Å². The average Bonchev–Trinajstić information content (AvgIpc) is 2.72. The van der Waals surface area contributed by atoms with Crippen LogP contribution in [0.3, 0.4) is 0 Å². The van der Waals surface area contributed by atoms with Gasteiger partial charge in [-0.3, -0.25) is 4.57 Å². The van der Waals surface area contributed by atoms with Crippen molar-refractivity contribution < 1.29 is 28.2 Å². The van der Waals surface area contributed by atoms with Gasteiger partial charge in [0.25, 0.3) is 0 Å². The number of hydrogen-bond acceptors (Lipinski definition) is 6. The van der Waals surface area contributed by atoms with Gasteiger partial charge in [0.15, 0.2) is 0 Å². The fourth-order valence-corrected chi connectivity index (χ4v) is 4.56. The van der Waals surface area contributed by atoms with Gasteiger partial charge in [-0.2, -0.15) is 0 Å². The Hall–Kier alpha value is -1.53. The van der Waals surface area contributed by atoms with Crippen molar-refractivity contribution in [2.45, 2.75) is 39.3 Å². The molecule has 0 aliphatic rings. The van der Waals surface area contributed by atoms with Gasteiger partial charge in [-0.25, -0.2) is 0 Å². The SMILES string of the molecule is CCOP(=O)(C[C@H](O)[C@H](COCc1ccccc1)OCc1ccccc1)OCC. The first kappa shape index (κ1) is 23.7. The molecular formula is C22H31O6P. The minimum Gasteiger partial charge on any atom is -0.390 e. The van der Waals surface area contributed by atoms with Gasteiger partial charge in [-0.1, -0.05) is 60.7 Å². The molecule has 0 bridgehead atoms. The zero-order chi connectivity index (χ0) is 21.0.